The first kappa shape index (κ1) is 30.8. The molecule has 9 heteroatoms. The van der Waals surface area contributed by atoms with Crippen molar-refractivity contribution in [3.05, 3.63) is 94.5 Å². The second-order valence-electron chi connectivity index (χ2n) is 10.4. The Kier molecular flexibility index (Phi) is 10.4. The second-order valence-corrected chi connectivity index (χ2v) is 10.4. The maximum Gasteiger partial charge on any atom is 0.339 e. The van der Waals surface area contributed by atoms with Crippen LogP contribution in [0.15, 0.2) is 66.7 Å². The third-order valence-corrected chi connectivity index (χ3v) is 7.50. The zero-order valence-electron chi connectivity index (χ0n) is 23.9. The van der Waals surface area contributed by atoms with E-state index in [0.29, 0.717) is 19.5 Å². The van der Waals surface area contributed by atoms with Crippen LogP contribution in [0.5, 0.6) is 5.75 Å². The molecular weight excluding hydrogens is 508 g/mol. The predicted octanol–water partition coefficient (Wildman–Crippen LogP) is 4.20. The van der Waals surface area contributed by atoms with Gasteiger partial charge in [-0.05, 0) is 62.1 Å². The van der Waals surface area contributed by atoms with Crippen molar-refractivity contribution in [2.75, 3.05) is 32.0 Å². The number of quaternary nitrogens is 1. The molecule has 9 nitrogen and oxygen atoms in total. The molecule has 5 N–H and O–H groups in total. The van der Waals surface area contributed by atoms with Gasteiger partial charge in [0.2, 0.25) is 0 Å². The van der Waals surface area contributed by atoms with Crippen molar-refractivity contribution in [2.45, 2.75) is 46.3 Å². The van der Waals surface area contributed by atoms with Crippen LogP contribution in [0, 0.1) is 13.8 Å². The topological polar surface area (TPSA) is 122 Å². The fourth-order valence-electron chi connectivity index (χ4n) is 4.79. The smallest absolute Gasteiger partial charge is 0.339 e. The lowest BCUT2D eigenvalue weighted by Crippen LogP contribution is -2.67. The van der Waals surface area contributed by atoms with E-state index in [1.165, 1.54) is 12.1 Å². The number of nitrogens with zero attached hydrogens (tertiary/aromatic N) is 2. The molecule has 3 aromatic rings. The average molecular weight is 550 g/mol. The van der Waals surface area contributed by atoms with E-state index in [2.05, 4.69) is 10.9 Å². The SMILES string of the molecule is CC[N+](CCc1ccc(C(=O)O)c(O)c1)(CC(=O)Nc1c(C)cccc1C)NN(C)C(C)C(O)c1ccccc1. The Bertz CT molecular complexity index is 1300. The van der Waals surface area contributed by atoms with Crippen molar-refractivity contribution >= 4 is 17.6 Å². The molecule has 0 bridgehead atoms. The Morgan fingerprint density at radius 2 is 1.65 bits per heavy atom. The van der Waals surface area contributed by atoms with Gasteiger partial charge in [0, 0.05) is 19.2 Å². The van der Waals surface area contributed by atoms with E-state index in [1.807, 2.05) is 88.3 Å². The van der Waals surface area contributed by atoms with E-state index in [1.54, 1.807) is 6.07 Å². The monoisotopic (exact) mass is 549 g/mol. The summed E-state index contributed by atoms with van der Waals surface area (Å²) < 4.78 is 0.153. The number of hydrogen-bond acceptors (Lipinski definition) is 6. The number of likely N-dealkylation sites (N-methyl/N-ethyl adjacent to an activating group) is 2. The quantitative estimate of drug-likeness (QED) is 0.160. The molecule has 3 atom stereocenters. The number of aryl methyl sites for hydroxylation is 2. The number of rotatable bonds is 13. The highest BCUT2D eigenvalue weighted by Gasteiger charge is 2.34. The van der Waals surface area contributed by atoms with Crippen LogP contribution < -0.4 is 10.9 Å². The standard InChI is InChI=1S/C31H40N4O5/c1-6-35(18-17-24-15-16-26(31(39)40)27(36)19-24,20-28(37)32-29-21(2)11-10-12-22(29)3)33-34(5)23(4)30(38)25-13-8-7-9-14-25/h7-16,19,23,30,33,38H,6,17-18,20H2,1-5H3,(H2-,32,36,37,39,40)/p+1. The molecule has 0 saturated heterocycles. The predicted molar refractivity (Wildman–Crippen MR) is 156 cm³/mol. The van der Waals surface area contributed by atoms with E-state index < -0.39 is 12.1 Å². The molecule has 3 rings (SSSR count). The molecule has 0 aromatic heterocycles. The number of carbonyl (C=O) groups is 2. The molecule has 3 aromatic carbocycles. The zero-order chi connectivity index (χ0) is 29.4. The summed E-state index contributed by atoms with van der Waals surface area (Å²) in [5, 5.41) is 35.4. The van der Waals surface area contributed by atoms with Gasteiger partial charge in [0.25, 0.3) is 5.91 Å². The Morgan fingerprint density at radius 3 is 2.23 bits per heavy atom. The highest BCUT2D eigenvalue weighted by Crippen LogP contribution is 2.23. The van der Waals surface area contributed by atoms with Crippen molar-refractivity contribution in [3.63, 3.8) is 0 Å². The lowest BCUT2D eigenvalue weighted by atomic mass is 10.0. The van der Waals surface area contributed by atoms with E-state index >= 15 is 0 Å². The minimum atomic E-state index is -1.19. The molecule has 0 fully saturated rings. The van der Waals surface area contributed by atoms with Gasteiger partial charge in [-0.3, -0.25) is 4.79 Å². The summed E-state index contributed by atoms with van der Waals surface area (Å²) >= 11 is 0. The molecule has 0 saturated carbocycles. The van der Waals surface area contributed by atoms with Crippen LogP contribution in [0.2, 0.25) is 0 Å². The summed E-state index contributed by atoms with van der Waals surface area (Å²) in [7, 11) is 1.84. The van der Waals surface area contributed by atoms with Crippen LogP contribution in [-0.2, 0) is 11.2 Å². The van der Waals surface area contributed by atoms with Gasteiger partial charge in [-0.1, -0.05) is 60.1 Å². The fraction of sp³-hybridized carbons (Fsp3) is 0.355. The minimum Gasteiger partial charge on any atom is -0.507 e. The van der Waals surface area contributed by atoms with Gasteiger partial charge in [0.1, 0.15) is 17.9 Å². The molecule has 40 heavy (non-hydrogen) atoms. The number of phenols is 1. The van der Waals surface area contributed by atoms with Crippen LogP contribution in [0.3, 0.4) is 0 Å². The van der Waals surface area contributed by atoms with Gasteiger partial charge in [0.15, 0.2) is 6.54 Å². The van der Waals surface area contributed by atoms with E-state index in [-0.39, 0.29) is 34.4 Å². The van der Waals surface area contributed by atoms with Crippen molar-refractivity contribution in [1.29, 1.82) is 0 Å². The first-order chi connectivity index (χ1) is 19.0. The first-order valence-corrected chi connectivity index (χ1v) is 13.5. The minimum absolute atomic E-state index is 0.0992. The number of benzene rings is 3. The lowest BCUT2D eigenvalue weighted by molar-refractivity contribution is -0.975. The number of aromatic carboxylic acids is 1. The number of hydrogen-bond donors (Lipinski definition) is 5. The molecule has 0 aliphatic rings. The molecule has 0 heterocycles. The van der Waals surface area contributed by atoms with Crippen LogP contribution in [0.4, 0.5) is 5.69 Å². The summed E-state index contributed by atoms with van der Waals surface area (Å²) in [4.78, 5) is 24.8. The number of carboxylic acids is 1. The number of anilines is 1. The number of carboxylic acid groups (broad SMARTS) is 1. The van der Waals surface area contributed by atoms with Crippen molar-refractivity contribution in [3.8, 4) is 5.75 Å². The van der Waals surface area contributed by atoms with E-state index in [0.717, 1.165) is 27.9 Å². The number of hydrazine groups is 1. The average Bonchev–Trinajstić information content (AvgIpc) is 2.93. The maximum atomic E-state index is 13.4. The van der Waals surface area contributed by atoms with Gasteiger partial charge in [-0.15, -0.1) is 0 Å². The van der Waals surface area contributed by atoms with Crippen LogP contribution in [0.25, 0.3) is 0 Å². The molecule has 3 unspecified atom stereocenters. The third kappa shape index (κ3) is 7.67. The molecule has 0 aliphatic carbocycles. The number of aliphatic hydroxyl groups is 1. The number of aromatic hydroxyl groups is 1. The largest absolute Gasteiger partial charge is 0.507 e. The fourth-order valence-corrected chi connectivity index (χ4v) is 4.79. The third-order valence-electron chi connectivity index (χ3n) is 7.50. The normalized spacial score (nSPS) is 14.4. The number of nitrogens with one attached hydrogen (secondary N) is 2. The molecule has 0 aliphatic heterocycles. The van der Waals surface area contributed by atoms with E-state index in [4.69, 9.17) is 0 Å². The number of amides is 1. The van der Waals surface area contributed by atoms with Crippen LogP contribution in [0.1, 0.15) is 52.6 Å². The van der Waals surface area contributed by atoms with Gasteiger partial charge in [-0.2, -0.15) is 5.01 Å². The van der Waals surface area contributed by atoms with Gasteiger partial charge < -0.3 is 20.6 Å². The highest BCUT2D eigenvalue weighted by molar-refractivity contribution is 5.93. The summed E-state index contributed by atoms with van der Waals surface area (Å²) in [6.45, 7) is 8.90. The Balaban J connectivity index is 1.85. The van der Waals surface area contributed by atoms with Crippen LogP contribution in [-0.4, -0.2) is 69.5 Å². The Morgan fingerprint density at radius 1 is 1.00 bits per heavy atom. The van der Waals surface area contributed by atoms with Gasteiger partial charge in [0.05, 0.1) is 18.7 Å². The number of aliphatic hydroxyl groups excluding tert-OH is 1. The Hall–Kier alpha value is -3.76. The van der Waals surface area contributed by atoms with Crippen molar-refractivity contribution in [1.82, 2.24) is 10.5 Å². The summed E-state index contributed by atoms with van der Waals surface area (Å²) in [6, 6.07) is 19.5. The van der Waals surface area contributed by atoms with Crippen LogP contribution >= 0.6 is 0 Å². The number of para-hydroxylation sites is 1. The summed E-state index contributed by atoms with van der Waals surface area (Å²) in [6.07, 6.45) is -0.296. The number of carbonyl (C=O) groups excluding carboxylic acids is 1. The zero-order valence-corrected chi connectivity index (χ0v) is 23.9. The molecule has 1 amide bonds. The maximum absolute atomic E-state index is 13.4. The molecule has 214 valence electrons. The van der Waals surface area contributed by atoms with Gasteiger partial charge in [-0.25, -0.2) is 9.39 Å². The second kappa shape index (κ2) is 13.5. The summed E-state index contributed by atoms with van der Waals surface area (Å²) in [5.41, 5.74) is 7.60. The Labute approximate surface area is 236 Å². The van der Waals surface area contributed by atoms with E-state index in [9.17, 15) is 24.9 Å². The summed E-state index contributed by atoms with van der Waals surface area (Å²) in [5.74, 6) is -1.65. The molecular formula is C31H41N4O5+. The lowest BCUT2D eigenvalue weighted by Gasteiger charge is -2.42. The van der Waals surface area contributed by atoms with Gasteiger partial charge >= 0.3 is 5.97 Å². The molecule has 0 radical (unpaired) electrons. The highest BCUT2D eigenvalue weighted by atomic mass is 16.4. The first-order valence-electron chi connectivity index (χ1n) is 13.5. The van der Waals surface area contributed by atoms with Crippen molar-refractivity contribution < 1.29 is 29.5 Å². The molecule has 0 spiro atoms. The van der Waals surface area contributed by atoms with Crippen molar-refractivity contribution in [2.24, 2.45) is 0 Å².